The van der Waals surface area contributed by atoms with Gasteiger partial charge in [-0.25, -0.2) is 0 Å². The van der Waals surface area contributed by atoms with Crippen LogP contribution in [0, 0.1) is 0 Å². The number of hydrogen-bond donors (Lipinski definition) is 2. The highest BCUT2D eigenvalue weighted by Crippen LogP contribution is 2.15. The first-order chi connectivity index (χ1) is 12.0. The zero-order valence-corrected chi connectivity index (χ0v) is 15.6. The number of ether oxygens (including phenoxy) is 1. The van der Waals surface area contributed by atoms with E-state index in [9.17, 15) is 4.79 Å². The quantitative estimate of drug-likeness (QED) is 0.878. The largest absolute Gasteiger partial charge is 0.373 e. The lowest BCUT2D eigenvalue weighted by atomic mass is 10.00. The number of piperidine rings is 1. The van der Waals surface area contributed by atoms with Crippen LogP contribution in [0.3, 0.4) is 0 Å². The Morgan fingerprint density at radius 2 is 1.88 bits per heavy atom. The molecule has 0 saturated carbocycles. The molecular weight excluding hydrogens is 314 g/mol. The maximum atomic E-state index is 12.4. The molecule has 5 nitrogen and oxygen atoms in total. The molecule has 1 amide bonds. The van der Waals surface area contributed by atoms with Crippen molar-refractivity contribution in [1.82, 2.24) is 15.5 Å². The lowest BCUT2D eigenvalue weighted by molar-refractivity contribution is -0.0704. The van der Waals surface area contributed by atoms with Gasteiger partial charge in [0.05, 0.1) is 12.2 Å². The van der Waals surface area contributed by atoms with Gasteiger partial charge in [0.15, 0.2) is 0 Å². The van der Waals surface area contributed by atoms with Gasteiger partial charge in [-0.1, -0.05) is 12.1 Å². The molecule has 1 aromatic rings. The van der Waals surface area contributed by atoms with Crippen molar-refractivity contribution in [3.63, 3.8) is 0 Å². The summed E-state index contributed by atoms with van der Waals surface area (Å²) >= 11 is 0. The molecule has 1 aromatic carbocycles. The summed E-state index contributed by atoms with van der Waals surface area (Å²) in [5, 5.41) is 6.58. The molecule has 2 fully saturated rings. The fourth-order valence-electron chi connectivity index (χ4n) is 3.96. The van der Waals surface area contributed by atoms with E-state index in [4.69, 9.17) is 4.74 Å². The van der Waals surface area contributed by atoms with Crippen LogP contribution in [0.4, 0.5) is 0 Å². The van der Waals surface area contributed by atoms with E-state index >= 15 is 0 Å². The van der Waals surface area contributed by atoms with E-state index in [2.05, 4.69) is 48.4 Å². The number of carbonyl (C=O) groups excluding carboxylic acids is 1. The zero-order valence-electron chi connectivity index (χ0n) is 15.6. The molecule has 3 rings (SSSR count). The van der Waals surface area contributed by atoms with Crippen LogP contribution in [0.1, 0.15) is 49.5 Å². The maximum absolute atomic E-state index is 12.4. The lowest BCUT2D eigenvalue weighted by Crippen LogP contribution is -2.46. The van der Waals surface area contributed by atoms with Crippen molar-refractivity contribution in [2.75, 3.05) is 19.6 Å². The van der Waals surface area contributed by atoms with Gasteiger partial charge >= 0.3 is 0 Å². The van der Waals surface area contributed by atoms with Crippen molar-refractivity contribution in [3.8, 4) is 0 Å². The summed E-state index contributed by atoms with van der Waals surface area (Å²) in [6.45, 7) is 10.2. The Balaban J connectivity index is 1.53. The van der Waals surface area contributed by atoms with Crippen molar-refractivity contribution in [3.05, 3.63) is 35.4 Å². The minimum atomic E-state index is 0.0410. The summed E-state index contributed by atoms with van der Waals surface area (Å²) in [5.41, 5.74) is 1.99. The van der Waals surface area contributed by atoms with Gasteiger partial charge in [0, 0.05) is 37.3 Å². The molecule has 0 aromatic heterocycles. The Morgan fingerprint density at radius 1 is 1.20 bits per heavy atom. The van der Waals surface area contributed by atoms with E-state index in [1.54, 1.807) is 0 Å². The van der Waals surface area contributed by atoms with Crippen LogP contribution in [-0.2, 0) is 11.3 Å². The first kappa shape index (κ1) is 18.4. The number of benzene rings is 1. The third-order valence-corrected chi connectivity index (χ3v) is 5.08. The highest BCUT2D eigenvalue weighted by atomic mass is 16.5. The van der Waals surface area contributed by atoms with E-state index in [1.807, 2.05) is 12.1 Å². The Kier molecular flexibility index (Phi) is 6.10. The molecule has 5 heteroatoms. The van der Waals surface area contributed by atoms with Gasteiger partial charge in [0.2, 0.25) is 0 Å². The van der Waals surface area contributed by atoms with Gasteiger partial charge < -0.3 is 15.4 Å². The number of amides is 1. The van der Waals surface area contributed by atoms with Crippen LogP contribution in [0.5, 0.6) is 0 Å². The molecule has 25 heavy (non-hydrogen) atoms. The van der Waals surface area contributed by atoms with Crippen molar-refractivity contribution < 1.29 is 9.53 Å². The monoisotopic (exact) mass is 345 g/mol. The van der Waals surface area contributed by atoms with Crippen molar-refractivity contribution in [2.45, 2.75) is 64.4 Å². The molecule has 0 aliphatic carbocycles. The van der Waals surface area contributed by atoms with Gasteiger partial charge in [-0.3, -0.25) is 9.69 Å². The molecule has 4 unspecified atom stereocenters. The van der Waals surface area contributed by atoms with Crippen LogP contribution in [0.15, 0.2) is 24.3 Å². The number of morpholine rings is 1. The van der Waals surface area contributed by atoms with Gasteiger partial charge in [-0.2, -0.15) is 0 Å². The fraction of sp³-hybridized carbons (Fsp3) is 0.650. The average Bonchev–Trinajstić information content (AvgIpc) is 2.54. The Bertz CT molecular complexity index is 565. The maximum Gasteiger partial charge on any atom is 0.251 e. The molecule has 2 saturated heterocycles. The molecule has 2 N–H and O–H groups in total. The van der Waals surface area contributed by atoms with E-state index in [-0.39, 0.29) is 24.2 Å². The SMILES string of the molecule is CC1CC(NC(=O)c2ccc(CN3CC(C)OC(C)C3)cc2)CCN1. The molecule has 2 aliphatic heterocycles. The molecule has 2 aliphatic rings. The van der Waals surface area contributed by atoms with Crippen molar-refractivity contribution >= 4 is 5.91 Å². The van der Waals surface area contributed by atoms with Gasteiger partial charge in [0.25, 0.3) is 5.91 Å². The molecular formula is C20H31N3O2. The lowest BCUT2D eigenvalue weighted by Gasteiger charge is -2.35. The zero-order chi connectivity index (χ0) is 17.8. The Hall–Kier alpha value is -1.43. The smallest absolute Gasteiger partial charge is 0.251 e. The van der Waals surface area contributed by atoms with Crippen LogP contribution in [0.2, 0.25) is 0 Å². The molecule has 0 bridgehead atoms. The molecule has 2 heterocycles. The third-order valence-electron chi connectivity index (χ3n) is 5.08. The second-order valence-corrected chi connectivity index (χ2v) is 7.70. The first-order valence-electron chi connectivity index (χ1n) is 9.50. The molecule has 138 valence electrons. The van der Waals surface area contributed by atoms with Crippen LogP contribution >= 0.6 is 0 Å². The van der Waals surface area contributed by atoms with Gasteiger partial charge in [0.1, 0.15) is 0 Å². The van der Waals surface area contributed by atoms with E-state index < -0.39 is 0 Å². The van der Waals surface area contributed by atoms with Gasteiger partial charge in [-0.05, 0) is 57.9 Å². The van der Waals surface area contributed by atoms with Gasteiger partial charge in [-0.15, -0.1) is 0 Å². The summed E-state index contributed by atoms with van der Waals surface area (Å²) in [6.07, 6.45) is 2.56. The van der Waals surface area contributed by atoms with E-state index in [1.165, 1.54) is 5.56 Å². The minimum absolute atomic E-state index is 0.0410. The fourth-order valence-corrected chi connectivity index (χ4v) is 3.96. The number of hydrogen-bond acceptors (Lipinski definition) is 4. The Morgan fingerprint density at radius 3 is 2.52 bits per heavy atom. The second kappa shape index (κ2) is 8.30. The predicted molar refractivity (Wildman–Crippen MR) is 99.7 cm³/mol. The molecule has 0 spiro atoms. The number of rotatable bonds is 4. The van der Waals surface area contributed by atoms with Crippen LogP contribution in [0.25, 0.3) is 0 Å². The highest BCUT2D eigenvalue weighted by molar-refractivity contribution is 5.94. The summed E-state index contributed by atoms with van der Waals surface area (Å²) in [4.78, 5) is 14.9. The summed E-state index contributed by atoms with van der Waals surface area (Å²) < 4.78 is 5.79. The van der Waals surface area contributed by atoms with E-state index in [0.29, 0.717) is 6.04 Å². The number of nitrogens with one attached hydrogen (secondary N) is 2. The van der Waals surface area contributed by atoms with Crippen molar-refractivity contribution in [2.24, 2.45) is 0 Å². The average molecular weight is 345 g/mol. The standard InChI is InChI=1S/C20H31N3O2/c1-14-10-19(8-9-21-14)22-20(24)18-6-4-17(5-7-18)13-23-11-15(2)25-16(3)12-23/h4-7,14-16,19,21H,8-13H2,1-3H3,(H,22,24). The predicted octanol–water partition coefficient (Wildman–Crippen LogP) is 2.17. The Labute approximate surface area is 151 Å². The number of carbonyl (C=O) groups is 1. The molecule has 4 atom stereocenters. The topological polar surface area (TPSA) is 53.6 Å². The first-order valence-corrected chi connectivity index (χ1v) is 9.50. The summed E-state index contributed by atoms with van der Waals surface area (Å²) in [6, 6.07) is 8.79. The normalized spacial score (nSPS) is 30.8. The van der Waals surface area contributed by atoms with E-state index in [0.717, 1.165) is 44.6 Å². The third kappa shape index (κ3) is 5.27. The summed E-state index contributed by atoms with van der Waals surface area (Å²) in [7, 11) is 0. The minimum Gasteiger partial charge on any atom is -0.373 e. The number of nitrogens with zero attached hydrogens (tertiary/aromatic N) is 1. The summed E-state index contributed by atoms with van der Waals surface area (Å²) in [5.74, 6) is 0.0410. The van der Waals surface area contributed by atoms with Crippen LogP contribution in [-0.4, -0.2) is 54.7 Å². The second-order valence-electron chi connectivity index (χ2n) is 7.70. The van der Waals surface area contributed by atoms with Crippen LogP contribution < -0.4 is 10.6 Å². The molecule has 0 radical (unpaired) electrons. The van der Waals surface area contributed by atoms with Crippen molar-refractivity contribution in [1.29, 1.82) is 0 Å². The highest BCUT2D eigenvalue weighted by Gasteiger charge is 2.23.